The lowest BCUT2D eigenvalue weighted by Gasteiger charge is -2.58. The van der Waals surface area contributed by atoms with Crippen molar-refractivity contribution < 1.29 is 4.79 Å². The van der Waals surface area contributed by atoms with Crippen molar-refractivity contribution in [1.82, 2.24) is 25.1 Å². The number of nitrogens with zero attached hydrogens (tertiary/aromatic N) is 4. The molecular weight excluding hydrogens is 434 g/mol. The van der Waals surface area contributed by atoms with Gasteiger partial charge in [0.15, 0.2) is 0 Å². The molecule has 2 heterocycles. The molecule has 0 bridgehead atoms. The van der Waals surface area contributed by atoms with Gasteiger partial charge in [0.25, 0.3) is 5.91 Å². The van der Waals surface area contributed by atoms with Gasteiger partial charge in [-0.15, -0.1) is 0 Å². The van der Waals surface area contributed by atoms with E-state index < -0.39 is 0 Å². The highest BCUT2D eigenvalue weighted by molar-refractivity contribution is 5.93. The highest BCUT2D eigenvalue weighted by Gasteiger charge is 2.57. The summed E-state index contributed by atoms with van der Waals surface area (Å²) in [7, 11) is 0. The fraction of sp³-hybridized carbons (Fsp3) is 0.586. The monoisotopic (exact) mass is 471 g/mol. The van der Waals surface area contributed by atoms with Crippen molar-refractivity contribution in [2.45, 2.75) is 78.2 Å². The number of fused-ring (bicyclic) bond motifs is 5. The van der Waals surface area contributed by atoms with E-state index in [1.54, 1.807) is 24.0 Å². The van der Waals surface area contributed by atoms with Crippen LogP contribution in [0.15, 0.2) is 48.7 Å². The van der Waals surface area contributed by atoms with Crippen molar-refractivity contribution >= 4 is 11.6 Å². The molecule has 0 aliphatic heterocycles. The highest BCUT2D eigenvalue weighted by atomic mass is 16.1. The van der Waals surface area contributed by atoms with Gasteiger partial charge >= 0.3 is 0 Å². The zero-order chi connectivity index (χ0) is 24.2. The number of imidazole rings is 1. The van der Waals surface area contributed by atoms with Gasteiger partial charge in [0, 0.05) is 23.4 Å². The molecule has 6 heteroatoms. The molecule has 0 spiro atoms. The van der Waals surface area contributed by atoms with Crippen LogP contribution in [0.2, 0.25) is 0 Å². The summed E-state index contributed by atoms with van der Waals surface area (Å²) >= 11 is 0. The van der Waals surface area contributed by atoms with Gasteiger partial charge in [0.1, 0.15) is 0 Å². The summed E-state index contributed by atoms with van der Waals surface area (Å²) in [6, 6.07) is 1.93. The lowest BCUT2D eigenvalue weighted by molar-refractivity contribution is -0.0137. The van der Waals surface area contributed by atoms with Crippen LogP contribution < -0.4 is 5.32 Å². The van der Waals surface area contributed by atoms with Gasteiger partial charge in [0.2, 0.25) is 0 Å². The molecular formula is C29H37N5O. The van der Waals surface area contributed by atoms with Crippen molar-refractivity contribution in [1.29, 1.82) is 0 Å². The molecule has 2 fully saturated rings. The number of allylic oxidation sites excluding steroid dienone is 3. The molecule has 4 aliphatic carbocycles. The molecule has 2 saturated carbocycles. The Balaban J connectivity index is 1.19. The SMILES string of the molecule is CCc1cn(C2=CCC3C4CC=C5C[C@@H](NC(=O)c6ccnnc6)CC[C@]5(C)C4CC[C@]23C)cn1. The minimum atomic E-state index is -0.0356. The Kier molecular flexibility index (Phi) is 5.46. The van der Waals surface area contributed by atoms with Crippen LogP contribution in [0.25, 0.3) is 5.70 Å². The molecule has 6 nitrogen and oxygen atoms in total. The van der Waals surface area contributed by atoms with Gasteiger partial charge in [0.05, 0.1) is 30.0 Å². The number of carbonyl (C=O) groups excluding carboxylic acids is 1. The summed E-state index contributed by atoms with van der Waals surface area (Å²) in [5.74, 6) is 2.14. The van der Waals surface area contributed by atoms with E-state index in [4.69, 9.17) is 0 Å². The molecule has 184 valence electrons. The number of rotatable bonds is 4. The molecule has 3 unspecified atom stereocenters. The number of hydrogen-bond acceptors (Lipinski definition) is 4. The van der Waals surface area contributed by atoms with Gasteiger partial charge in [-0.25, -0.2) is 4.98 Å². The maximum absolute atomic E-state index is 12.7. The highest BCUT2D eigenvalue weighted by Crippen LogP contribution is 2.65. The Bertz CT molecular complexity index is 1180. The van der Waals surface area contributed by atoms with Gasteiger partial charge < -0.3 is 9.88 Å². The first-order valence-corrected chi connectivity index (χ1v) is 13.4. The second-order valence-electron chi connectivity index (χ2n) is 11.7. The molecule has 2 aromatic rings. The standard InChI is InChI=1S/C29H37N5O/c1-4-21-17-34(18-30-21)26-8-7-24-23-6-5-20-15-22(33-27(35)19-11-14-31-32-16-19)9-12-28(20,2)25(23)10-13-29(24,26)3/h5,8,11,14,16-18,22-25H,4,6-7,9-10,12-13,15H2,1-3H3,(H,33,35)/t22-,23?,24?,25?,28-,29-/m0/s1. The third kappa shape index (κ3) is 3.59. The molecule has 4 aliphatic rings. The number of carbonyl (C=O) groups is 1. The van der Waals surface area contributed by atoms with E-state index in [-0.39, 0.29) is 22.8 Å². The van der Waals surface area contributed by atoms with E-state index >= 15 is 0 Å². The summed E-state index contributed by atoms with van der Waals surface area (Å²) in [4.78, 5) is 17.3. The number of aromatic nitrogens is 4. The Morgan fingerprint density at radius 3 is 2.74 bits per heavy atom. The van der Waals surface area contributed by atoms with Crippen LogP contribution in [-0.2, 0) is 6.42 Å². The number of nitrogens with one attached hydrogen (secondary N) is 1. The molecule has 6 atom stereocenters. The summed E-state index contributed by atoms with van der Waals surface area (Å²) in [5, 5.41) is 10.9. The topological polar surface area (TPSA) is 72.7 Å². The quantitative estimate of drug-likeness (QED) is 0.602. The van der Waals surface area contributed by atoms with Crippen LogP contribution in [0.4, 0.5) is 0 Å². The van der Waals surface area contributed by atoms with Crippen molar-refractivity contribution in [3.05, 3.63) is 60.0 Å². The van der Waals surface area contributed by atoms with Crippen molar-refractivity contribution in [2.75, 3.05) is 0 Å². The number of aryl methyl sites for hydroxylation is 1. The molecule has 0 aromatic carbocycles. The first-order chi connectivity index (χ1) is 16.9. The third-order valence-electron chi connectivity index (χ3n) is 10.1. The molecule has 1 N–H and O–H groups in total. The van der Waals surface area contributed by atoms with Gasteiger partial charge in [-0.2, -0.15) is 10.2 Å². The van der Waals surface area contributed by atoms with E-state index in [0.717, 1.165) is 37.5 Å². The Morgan fingerprint density at radius 2 is 1.97 bits per heavy atom. The molecule has 6 rings (SSSR count). The fourth-order valence-electron chi connectivity index (χ4n) is 8.10. The average molecular weight is 472 g/mol. The van der Waals surface area contributed by atoms with Crippen molar-refractivity contribution in [3.63, 3.8) is 0 Å². The molecule has 1 amide bonds. The maximum Gasteiger partial charge on any atom is 0.253 e. The Morgan fingerprint density at radius 1 is 1.11 bits per heavy atom. The fourth-order valence-corrected chi connectivity index (χ4v) is 8.10. The lowest BCUT2D eigenvalue weighted by Crippen LogP contribution is -2.51. The van der Waals surface area contributed by atoms with Gasteiger partial charge in [-0.3, -0.25) is 4.79 Å². The predicted molar refractivity (Wildman–Crippen MR) is 136 cm³/mol. The van der Waals surface area contributed by atoms with E-state index in [9.17, 15) is 4.79 Å². The lowest BCUT2D eigenvalue weighted by atomic mass is 9.47. The first-order valence-electron chi connectivity index (χ1n) is 13.4. The van der Waals surface area contributed by atoms with E-state index in [1.165, 1.54) is 37.1 Å². The van der Waals surface area contributed by atoms with Gasteiger partial charge in [-0.05, 0) is 80.6 Å². The number of hydrogen-bond donors (Lipinski definition) is 1. The van der Waals surface area contributed by atoms with E-state index in [2.05, 4.69) is 64.2 Å². The summed E-state index contributed by atoms with van der Waals surface area (Å²) < 4.78 is 2.32. The summed E-state index contributed by atoms with van der Waals surface area (Å²) in [5.41, 5.74) is 5.32. The molecule has 35 heavy (non-hydrogen) atoms. The number of amides is 1. The van der Waals surface area contributed by atoms with Crippen LogP contribution in [0.3, 0.4) is 0 Å². The average Bonchev–Trinajstić information content (AvgIpc) is 3.48. The molecule has 0 radical (unpaired) electrons. The first kappa shape index (κ1) is 22.7. The smallest absolute Gasteiger partial charge is 0.253 e. The zero-order valence-corrected chi connectivity index (χ0v) is 21.2. The van der Waals surface area contributed by atoms with Crippen LogP contribution in [0, 0.1) is 28.6 Å². The third-order valence-corrected chi connectivity index (χ3v) is 10.1. The van der Waals surface area contributed by atoms with E-state index in [0.29, 0.717) is 11.5 Å². The minimum Gasteiger partial charge on any atom is -0.349 e. The van der Waals surface area contributed by atoms with Crippen LogP contribution in [0.1, 0.15) is 81.8 Å². The Labute approximate surface area is 208 Å². The van der Waals surface area contributed by atoms with Crippen LogP contribution in [-0.4, -0.2) is 31.7 Å². The van der Waals surface area contributed by atoms with Crippen molar-refractivity contribution in [2.24, 2.45) is 28.6 Å². The van der Waals surface area contributed by atoms with Crippen LogP contribution in [0.5, 0.6) is 0 Å². The second-order valence-corrected chi connectivity index (χ2v) is 11.7. The molecule has 2 aromatic heterocycles. The minimum absolute atomic E-state index is 0.0356. The van der Waals surface area contributed by atoms with Crippen LogP contribution >= 0.6 is 0 Å². The normalized spacial score (nSPS) is 35.9. The molecule has 0 saturated heterocycles. The zero-order valence-electron chi connectivity index (χ0n) is 21.2. The predicted octanol–water partition coefficient (Wildman–Crippen LogP) is 5.45. The maximum atomic E-state index is 12.7. The Hall–Kier alpha value is -2.76. The largest absolute Gasteiger partial charge is 0.349 e. The van der Waals surface area contributed by atoms with Gasteiger partial charge in [-0.1, -0.05) is 38.5 Å². The second kappa shape index (κ2) is 8.42. The summed E-state index contributed by atoms with van der Waals surface area (Å²) in [6.07, 6.45) is 21.5. The van der Waals surface area contributed by atoms with E-state index in [1.807, 2.05) is 6.33 Å². The summed E-state index contributed by atoms with van der Waals surface area (Å²) in [6.45, 7) is 7.21. The van der Waals surface area contributed by atoms with Crippen molar-refractivity contribution in [3.8, 4) is 0 Å².